The maximum Gasteiger partial charge on any atom is 0.0371 e. The largest absolute Gasteiger partial charge is 0.306 e. The van der Waals surface area contributed by atoms with Crippen molar-refractivity contribution in [2.24, 2.45) is 0 Å². The molecule has 1 N–H and O–H groups in total. The van der Waals surface area contributed by atoms with Crippen LogP contribution in [0.15, 0.2) is 46.4 Å². The molecule has 1 aromatic carbocycles. The Bertz CT molecular complexity index is 468. The topological polar surface area (TPSA) is 12.0 Å². The summed E-state index contributed by atoms with van der Waals surface area (Å²) in [5.41, 5.74) is 2.77. The quantitative estimate of drug-likeness (QED) is 0.741. The monoisotopic (exact) mass is 369 g/mol. The summed E-state index contributed by atoms with van der Waals surface area (Å²) in [6.45, 7) is 7.70. The van der Waals surface area contributed by atoms with Crippen LogP contribution in [0.2, 0.25) is 0 Å². The van der Waals surface area contributed by atoms with Gasteiger partial charge in [-0.2, -0.15) is 0 Å². The number of rotatable bonds is 4. The van der Waals surface area contributed by atoms with Crippen molar-refractivity contribution in [3.05, 3.63) is 57.5 Å². The van der Waals surface area contributed by atoms with Gasteiger partial charge in [0.15, 0.2) is 0 Å². The molecule has 0 unspecified atom stereocenters. The third-order valence-corrected chi connectivity index (χ3v) is 4.77. The van der Waals surface area contributed by atoms with E-state index < -0.39 is 0 Å². The minimum absolute atomic E-state index is 0.336. The molecule has 96 valence electrons. The molecule has 0 aliphatic carbocycles. The Kier molecular flexibility index (Phi) is 4.82. The third kappa shape index (κ3) is 2.79. The van der Waals surface area contributed by atoms with Crippen molar-refractivity contribution in [2.45, 2.75) is 31.3 Å². The molecule has 0 fully saturated rings. The first kappa shape index (κ1) is 14.0. The summed E-state index contributed by atoms with van der Waals surface area (Å²) in [7, 11) is 0. The van der Waals surface area contributed by atoms with Crippen molar-refractivity contribution in [3.63, 3.8) is 0 Å². The van der Waals surface area contributed by atoms with Gasteiger partial charge in [-0.1, -0.05) is 44.0 Å². The summed E-state index contributed by atoms with van der Waals surface area (Å²) in [6.07, 6.45) is 6.93. The van der Waals surface area contributed by atoms with Crippen LogP contribution in [-0.4, -0.2) is 6.04 Å². The first-order valence-electron chi connectivity index (χ1n) is 6.12. The maximum atomic E-state index is 3.86. The summed E-state index contributed by atoms with van der Waals surface area (Å²) >= 11 is 7.34. The van der Waals surface area contributed by atoms with Crippen molar-refractivity contribution in [1.82, 2.24) is 5.32 Å². The van der Waals surface area contributed by atoms with Crippen LogP contribution in [0.3, 0.4) is 0 Å². The Morgan fingerprint density at radius 1 is 1.17 bits per heavy atom. The molecule has 0 aromatic heterocycles. The van der Waals surface area contributed by atoms with Gasteiger partial charge < -0.3 is 5.32 Å². The van der Waals surface area contributed by atoms with E-state index in [1.54, 1.807) is 0 Å². The fourth-order valence-electron chi connectivity index (χ4n) is 2.57. The van der Waals surface area contributed by atoms with Crippen molar-refractivity contribution < 1.29 is 0 Å². The Labute approximate surface area is 126 Å². The number of hydrogen-bond donors (Lipinski definition) is 1. The van der Waals surface area contributed by atoms with E-state index in [0.717, 1.165) is 19.3 Å². The molecule has 18 heavy (non-hydrogen) atoms. The molecule has 1 aliphatic rings. The molecule has 0 radical (unpaired) electrons. The number of nitrogens with one attached hydrogen (secondary N) is 1. The second-order valence-electron chi connectivity index (χ2n) is 4.59. The maximum absolute atomic E-state index is 3.86. The molecule has 2 rings (SSSR count). The average molecular weight is 371 g/mol. The standard InChI is InChI=1S/C15H17Br2N/c1-3-5-10-9-11-12(16)7-8-13(17)15(11)14(18-10)6-4-2/h3-4,7-8,10,14,18H,1-2,5-6,9H2/t10-,14+/m0/s1. The minimum atomic E-state index is 0.336. The summed E-state index contributed by atoms with van der Waals surface area (Å²) in [4.78, 5) is 0. The zero-order valence-corrected chi connectivity index (χ0v) is 13.4. The Hall–Kier alpha value is -0.380. The first-order chi connectivity index (χ1) is 8.67. The lowest BCUT2D eigenvalue weighted by Gasteiger charge is -2.34. The van der Waals surface area contributed by atoms with Gasteiger partial charge in [-0.3, -0.25) is 0 Å². The molecule has 2 atom stereocenters. The summed E-state index contributed by atoms with van der Waals surface area (Å²) in [5.74, 6) is 0. The summed E-state index contributed by atoms with van der Waals surface area (Å²) < 4.78 is 2.38. The van der Waals surface area contributed by atoms with Crippen LogP contribution in [0, 0.1) is 0 Å². The van der Waals surface area contributed by atoms with Gasteiger partial charge in [0.05, 0.1) is 0 Å². The van der Waals surface area contributed by atoms with E-state index in [4.69, 9.17) is 0 Å². The van der Waals surface area contributed by atoms with E-state index >= 15 is 0 Å². The molecule has 1 aromatic rings. The number of benzene rings is 1. The van der Waals surface area contributed by atoms with Crippen LogP contribution in [-0.2, 0) is 6.42 Å². The number of fused-ring (bicyclic) bond motifs is 1. The Balaban J connectivity index is 2.43. The lowest BCUT2D eigenvalue weighted by molar-refractivity contribution is 0.403. The van der Waals surface area contributed by atoms with Crippen molar-refractivity contribution in [2.75, 3.05) is 0 Å². The fourth-order valence-corrected chi connectivity index (χ4v) is 3.73. The van der Waals surface area contributed by atoms with Gasteiger partial charge in [-0.25, -0.2) is 0 Å². The molecule has 1 aliphatic heterocycles. The highest BCUT2D eigenvalue weighted by Crippen LogP contribution is 2.38. The smallest absolute Gasteiger partial charge is 0.0371 e. The van der Waals surface area contributed by atoms with Crippen LogP contribution in [0.4, 0.5) is 0 Å². The van der Waals surface area contributed by atoms with Gasteiger partial charge in [-0.15, -0.1) is 13.2 Å². The van der Waals surface area contributed by atoms with Crippen molar-refractivity contribution in [1.29, 1.82) is 0 Å². The van der Waals surface area contributed by atoms with E-state index in [0.29, 0.717) is 12.1 Å². The molecule has 1 heterocycles. The van der Waals surface area contributed by atoms with E-state index in [2.05, 4.69) is 62.5 Å². The molecule has 0 bridgehead atoms. The van der Waals surface area contributed by atoms with E-state index in [1.807, 2.05) is 12.2 Å². The zero-order chi connectivity index (χ0) is 13.1. The Morgan fingerprint density at radius 2 is 1.83 bits per heavy atom. The highest BCUT2D eigenvalue weighted by molar-refractivity contribution is 9.11. The van der Waals surface area contributed by atoms with Gasteiger partial charge in [0.1, 0.15) is 0 Å². The summed E-state index contributed by atoms with van der Waals surface area (Å²) in [6, 6.07) is 5.02. The second kappa shape index (κ2) is 6.18. The Morgan fingerprint density at radius 3 is 2.50 bits per heavy atom. The van der Waals surface area contributed by atoms with E-state index in [-0.39, 0.29) is 0 Å². The van der Waals surface area contributed by atoms with Crippen LogP contribution in [0.5, 0.6) is 0 Å². The van der Waals surface area contributed by atoms with Crippen LogP contribution in [0.1, 0.15) is 30.0 Å². The van der Waals surface area contributed by atoms with Crippen molar-refractivity contribution >= 4 is 31.9 Å². The van der Waals surface area contributed by atoms with Crippen LogP contribution >= 0.6 is 31.9 Å². The third-order valence-electron chi connectivity index (χ3n) is 3.34. The lowest BCUT2D eigenvalue weighted by atomic mass is 9.87. The van der Waals surface area contributed by atoms with E-state index in [9.17, 15) is 0 Å². The highest BCUT2D eigenvalue weighted by atomic mass is 79.9. The second-order valence-corrected chi connectivity index (χ2v) is 6.30. The first-order valence-corrected chi connectivity index (χ1v) is 7.70. The lowest BCUT2D eigenvalue weighted by Crippen LogP contribution is -2.39. The summed E-state index contributed by atoms with van der Waals surface area (Å²) in [5, 5.41) is 3.69. The number of hydrogen-bond acceptors (Lipinski definition) is 1. The predicted molar refractivity (Wildman–Crippen MR) is 84.8 cm³/mol. The molecule has 3 heteroatoms. The molecular formula is C15H17Br2N. The molecule has 1 nitrogen and oxygen atoms in total. The van der Waals surface area contributed by atoms with Gasteiger partial charge >= 0.3 is 0 Å². The fraction of sp³-hybridized carbons (Fsp3) is 0.333. The minimum Gasteiger partial charge on any atom is -0.306 e. The SMILES string of the molecule is C=CC[C@H]1Cc2c(Br)ccc(Br)c2[C@@H](CC=C)N1. The molecule has 0 saturated carbocycles. The van der Waals surface area contributed by atoms with E-state index in [1.165, 1.54) is 20.1 Å². The molecule has 0 saturated heterocycles. The van der Waals surface area contributed by atoms with Gasteiger partial charge in [0, 0.05) is 21.0 Å². The molecule has 0 spiro atoms. The normalized spacial score (nSPS) is 22.3. The molecular weight excluding hydrogens is 354 g/mol. The highest BCUT2D eigenvalue weighted by Gasteiger charge is 2.27. The molecule has 0 amide bonds. The van der Waals surface area contributed by atoms with Crippen molar-refractivity contribution in [3.8, 4) is 0 Å². The average Bonchev–Trinajstić information content (AvgIpc) is 2.34. The van der Waals surface area contributed by atoms with Crippen LogP contribution in [0.25, 0.3) is 0 Å². The number of halogens is 2. The van der Waals surface area contributed by atoms with Gasteiger partial charge in [-0.05, 0) is 42.5 Å². The van der Waals surface area contributed by atoms with Gasteiger partial charge in [0.2, 0.25) is 0 Å². The van der Waals surface area contributed by atoms with Gasteiger partial charge in [0.25, 0.3) is 0 Å². The zero-order valence-electron chi connectivity index (χ0n) is 10.3. The predicted octanol–water partition coefficient (Wildman–Crippen LogP) is 4.92. The van der Waals surface area contributed by atoms with Crippen LogP contribution < -0.4 is 5.32 Å².